The Balaban J connectivity index is 3.50. The Kier molecular flexibility index (Phi) is 5.89. The van der Waals surface area contributed by atoms with Crippen LogP contribution in [0.15, 0.2) is 0 Å². The summed E-state index contributed by atoms with van der Waals surface area (Å²) in [6.07, 6.45) is 2.26. The normalized spacial score (nSPS) is 17.3. The van der Waals surface area contributed by atoms with Crippen LogP contribution in [-0.2, 0) is 0 Å². The summed E-state index contributed by atoms with van der Waals surface area (Å²) < 4.78 is 0.651. The maximum atomic E-state index is 8.82. The van der Waals surface area contributed by atoms with Gasteiger partial charge in [0.1, 0.15) is 0 Å². The molecule has 0 spiro atoms. The number of hydrogen-bond acceptors (Lipinski definition) is 1. The average molecular weight is 242 g/mol. The van der Waals surface area contributed by atoms with Gasteiger partial charge < -0.3 is 5.11 Å². The first-order chi connectivity index (χ1) is 4.26. The molecule has 0 aliphatic heterocycles. The molecular formula is C7H15IO. The van der Waals surface area contributed by atoms with E-state index in [-0.39, 0.29) is 0 Å². The van der Waals surface area contributed by atoms with E-state index in [4.69, 9.17) is 5.11 Å². The van der Waals surface area contributed by atoms with E-state index in [0.717, 1.165) is 6.42 Å². The Bertz CT molecular complexity index is 61.9. The highest BCUT2D eigenvalue weighted by Gasteiger charge is 2.12. The van der Waals surface area contributed by atoms with Crippen molar-refractivity contribution in [3.8, 4) is 0 Å². The molecule has 0 saturated carbocycles. The fraction of sp³-hybridized carbons (Fsp3) is 1.00. The van der Waals surface area contributed by atoms with Gasteiger partial charge in [-0.2, -0.15) is 0 Å². The minimum atomic E-state index is 0.345. The zero-order valence-corrected chi connectivity index (χ0v) is 8.26. The van der Waals surface area contributed by atoms with Gasteiger partial charge in [0.15, 0.2) is 0 Å². The zero-order chi connectivity index (χ0) is 7.28. The molecule has 2 heteroatoms. The summed E-state index contributed by atoms with van der Waals surface area (Å²) in [7, 11) is 0. The second-order valence-corrected chi connectivity index (χ2v) is 3.88. The van der Waals surface area contributed by atoms with Crippen LogP contribution in [0.4, 0.5) is 0 Å². The molecule has 0 radical (unpaired) electrons. The van der Waals surface area contributed by atoms with Crippen molar-refractivity contribution in [2.45, 2.75) is 30.6 Å². The van der Waals surface area contributed by atoms with E-state index in [2.05, 4.69) is 36.4 Å². The van der Waals surface area contributed by atoms with E-state index < -0.39 is 0 Å². The number of halogens is 1. The minimum Gasteiger partial charge on any atom is -0.396 e. The number of rotatable bonds is 4. The highest BCUT2D eigenvalue weighted by molar-refractivity contribution is 14.1. The molecule has 0 fully saturated rings. The van der Waals surface area contributed by atoms with Gasteiger partial charge in [0.05, 0.1) is 0 Å². The molecule has 0 amide bonds. The van der Waals surface area contributed by atoms with Crippen LogP contribution in [0.1, 0.15) is 26.7 Å². The van der Waals surface area contributed by atoms with Crippen LogP contribution in [0, 0.1) is 5.92 Å². The number of alkyl halides is 1. The lowest BCUT2D eigenvalue weighted by atomic mass is 10.0. The molecule has 0 bridgehead atoms. The SMILES string of the molecule is CCC(I)[C@H](CC)CO. The summed E-state index contributed by atoms with van der Waals surface area (Å²) in [5.74, 6) is 0.510. The van der Waals surface area contributed by atoms with Gasteiger partial charge in [-0.25, -0.2) is 0 Å². The van der Waals surface area contributed by atoms with Gasteiger partial charge in [-0.3, -0.25) is 0 Å². The molecule has 1 unspecified atom stereocenters. The second-order valence-electron chi connectivity index (χ2n) is 2.28. The Morgan fingerprint density at radius 2 is 1.89 bits per heavy atom. The quantitative estimate of drug-likeness (QED) is 0.592. The highest BCUT2D eigenvalue weighted by Crippen LogP contribution is 2.19. The maximum Gasteiger partial charge on any atom is 0.0469 e. The molecule has 1 N–H and O–H groups in total. The molecule has 0 aliphatic rings. The highest BCUT2D eigenvalue weighted by atomic mass is 127. The molecular weight excluding hydrogens is 227 g/mol. The van der Waals surface area contributed by atoms with Crippen molar-refractivity contribution >= 4 is 22.6 Å². The molecule has 56 valence electrons. The van der Waals surface area contributed by atoms with E-state index in [9.17, 15) is 0 Å². The molecule has 0 aromatic rings. The van der Waals surface area contributed by atoms with E-state index >= 15 is 0 Å². The molecule has 9 heavy (non-hydrogen) atoms. The molecule has 0 aromatic carbocycles. The third-order valence-electron chi connectivity index (χ3n) is 1.66. The van der Waals surface area contributed by atoms with Crippen LogP contribution in [0.25, 0.3) is 0 Å². The summed E-state index contributed by atoms with van der Waals surface area (Å²) in [6.45, 7) is 4.63. The fourth-order valence-corrected chi connectivity index (χ4v) is 1.57. The predicted octanol–water partition coefficient (Wildman–Crippen LogP) is 2.22. The number of hydrogen-bond donors (Lipinski definition) is 1. The molecule has 0 rings (SSSR count). The van der Waals surface area contributed by atoms with E-state index in [1.54, 1.807) is 0 Å². The number of aliphatic hydroxyl groups is 1. The Morgan fingerprint density at radius 1 is 1.33 bits per heavy atom. The van der Waals surface area contributed by atoms with Crippen molar-refractivity contribution in [1.29, 1.82) is 0 Å². The van der Waals surface area contributed by atoms with E-state index in [1.165, 1.54) is 6.42 Å². The van der Waals surface area contributed by atoms with Gasteiger partial charge in [0, 0.05) is 10.5 Å². The van der Waals surface area contributed by atoms with Crippen LogP contribution in [0.3, 0.4) is 0 Å². The average Bonchev–Trinajstić information content (AvgIpc) is 1.90. The largest absolute Gasteiger partial charge is 0.396 e. The van der Waals surface area contributed by atoms with Crippen molar-refractivity contribution in [1.82, 2.24) is 0 Å². The smallest absolute Gasteiger partial charge is 0.0469 e. The number of aliphatic hydroxyl groups excluding tert-OH is 1. The molecule has 0 heterocycles. The van der Waals surface area contributed by atoms with Crippen molar-refractivity contribution in [2.24, 2.45) is 5.92 Å². The van der Waals surface area contributed by atoms with Crippen LogP contribution in [0.2, 0.25) is 0 Å². The van der Waals surface area contributed by atoms with Crippen molar-refractivity contribution in [2.75, 3.05) is 6.61 Å². The molecule has 0 saturated heterocycles. The Labute approximate surface area is 71.0 Å². The van der Waals surface area contributed by atoms with Crippen molar-refractivity contribution < 1.29 is 5.11 Å². The summed E-state index contributed by atoms with van der Waals surface area (Å²) in [4.78, 5) is 0. The minimum absolute atomic E-state index is 0.345. The summed E-state index contributed by atoms with van der Waals surface area (Å²) in [5, 5.41) is 8.82. The first-order valence-corrected chi connectivity index (χ1v) is 4.75. The van der Waals surface area contributed by atoms with Gasteiger partial charge in [-0.1, -0.05) is 42.9 Å². The second kappa shape index (κ2) is 5.47. The topological polar surface area (TPSA) is 20.2 Å². The zero-order valence-electron chi connectivity index (χ0n) is 6.10. The summed E-state index contributed by atoms with van der Waals surface area (Å²) in [6, 6.07) is 0. The van der Waals surface area contributed by atoms with Gasteiger partial charge in [-0.05, 0) is 12.3 Å². The third kappa shape index (κ3) is 3.40. The maximum absolute atomic E-state index is 8.82. The van der Waals surface area contributed by atoms with Gasteiger partial charge in [0.25, 0.3) is 0 Å². The summed E-state index contributed by atoms with van der Waals surface area (Å²) in [5.41, 5.74) is 0. The molecule has 0 aromatic heterocycles. The molecule has 2 atom stereocenters. The fourth-order valence-electron chi connectivity index (χ4n) is 0.833. The van der Waals surface area contributed by atoms with Crippen molar-refractivity contribution in [3.05, 3.63) is 0 Å². The van der Waals surface area contributed by atoms with E-state index in [0.29, 0.717) is 16.4 Å². The Hall–Kier alpha value is 0.690. The summed E-state index contributed by atoms with van der Waals surface area (Å²) >= 11 is 2.41. The lowest BCUT2D eigenvalue weighted by molar-refractivity contribution is 0.221. The molecule has 0 aliphatic carbocycles. The molecule has 1 nitrogen and oxygen atoms in total. The Morgan fingerprint density at radius 3 is 2.00 bits per heavy atom. The van der Waals surface area contributed by atoms with Gasteiger partial charge >= 0.3 is 0 Å². The lowest BCUT2D eigenvalue weighted by Crippen LogP contribution is -2.16. The van der Waals surface area contributed by atoms with Gasteiger partial charge in [-0.15, -0.1) is 0 Å². The van der Waals surface area contributed by atoms with Crippen LogP contribution in [-0.4, -0.2) is 15.6 Å². The first kappa shape index (κ1) is 9.69. The standard InChI is InChI=1S/C7H15IO/c1-3-6(5-9)7(8)4-2/h6-7,9H,3-5H2,1-2H3/t6-,7?/m1/s1. The van der Waals surface area contributed by atoms with Crippen LogP contribution >= 0.6 is 22.6 Å². The van der Waals surface area contributed by atoms with Gasteiger partial charge in [0.2, 0.25) is 0 Å². The van der Waals surface area contributed by atoms with Crippen LogP contribution < -0.4 is 0 Å². The van der Waals surface area contributed by atoms with Crippen LogP contribution in [0.5, 0.6) is 0 Å². The van der Waals surface area contributed by atoms with E-state index in [1.807, 2.05) is 0 Å². The third-order valence-corrected chi connectivity index (χ3v) is 3.56. The lowest BCUT2D eigenvalue weighted by Gasteiger charge is -2.16. The predicted molar refractivity (Wildman–Crippen MR) is 49.0 cm³/mol. The monoisotopic (exact) mass is 242 g/mol. The first-order valence-electron chi connectivity index (χ1n) is 3.51. The van der Waals surface area contributed by atoms with Crippen molar-refractivity contribution in [3.63, 3.8) is 0 Å².